The molecular weight excluding hydrogens is 305 g/mol. The first-order valence-electron chi connectivity index (χ1n) is 6.18. The molecule has 0 aliphatic carbocycles. The zero-order valence-electron chi connectivity index (χ0n) is 10.7. The van der Waals surface area contributed by atoms with E-state index < -0.39 is 11.9 Å². The van der Waals surface area contributed by atoms with Crippen molar-refractivity contribution in [2.24, 2.45) is 0 Å². The fraction of sp³-hybridized carbons (Fsp3) is 0.308. The Bertz CT molecular complexity index is 643. The van der Waals surface area contributed by atoms with Gasteiger partial charge in [-0.1, -0.05) is 6.07 Å². The van der Waals surface area contributed by atoms with Crippen LogP contribution < -0.4 is 14.8 Å². The highest BCUT2D eigenvalue weighted by Gasteiger charge is 2.33. The normalized spacial score (nSPS) is 14.0. The number of fused-ring (bicyclic) bond motifs is 1. The topological polar surface area (TPSA) is 43.4 Å². The van der Waals surface area contributed by atoms with Gasteiger partial charge in [-0.05, 0) is 12.1 Å². The predicted molar refractivity (Wildman–Crippen MR) is 71.9 cm³/mol. The van der Waals surface area contributed by atoms with Crippen LogP contribution in [0.15, 0.2) is 23.6 Å². The molecule has 21 heavy (non-hydrogen) atoms. The van der Waals surface area contributed by atoms with Crippen molar-refractivity contribution in [3.63, 3.8) is 0 Å². The third kappa shape index (κ3) is 3.05. The van der Waals surface area contributed by atoms with Crippen LogP contribution in [-0.2, 0) is 12.7 Å². The Kier molecular flexibility index (Phi) is 3.62. The molecule has 0 saturated heterocycles. The number of rotatable bonds is 3. The summed E-state index contributed by atoms with van der Waals surface area (Å²) in [6.45, 7) is 1.12. The third-order valence-corrected chi connectivity index (χ3v) is 3.69. The highest BCUT2D eigenvalue weighted by Crippen LogP contribution is 2.37. The van der Waals surface area contributed by atoms with Gasteiger partial charge in [0.1, 0.15) is 18.2 Å². The van der Waals surface area contributed by atoms with Crippen molar-refractivity contribution >= 4 is 17.0 Å². The minimum absolute atomic E-state index is 0.195. The van der Waals surface area contributed by atoms with Gasteiger partial charge in [0.2, 0.25) is 0 Å². The average molecular weight is 316 g/mol. The predicted octanol–water partition coefficient (Wildman–Crippen LogP) is 3.55. The van der Waals surface area contributed by atoms with Crippen molar-refractivity contribution in [3.05, 3.63) is 34.3 Å². The number of nitrogens with zero attached hydrogens (tertiary/aromatic N) is 1. The maximum absolute atomic E-state index is 12.5. The molecule has 112 valence electrons. The summed E-state index contributed by atoms with van der Waals surface area (Å²) in [5.41, 5.74) is -0.185. The summed E-state index contributed by atoms with van der Waals surface area (Å²) >= 11 is 0.967. The Balaban J connectivity index is 1.72. The maximum atomic E-state index is 12.5. The number of para-hydroxylation sites is 1. The first kappa shape index (κ1) is 14.0. The van der Waals surface area contributed by atoms with Crippen molar-refractivity contribution < 1.29 is 22.6 Å². The van der Waals surface area contributed by atoms with E-state index in [1.54, 1.807) is 18.2 Å². The number of alkyl halides is 3. The van der Waals surface area contributed by atoms with E-state index in [-0.39, 0.29) is 6.54 Å². The highest BCUT2D eigenvalue weighted by atomic mass is 32.1. The van der Waals surface area contributed by atoms with Gasteiger partial charge >= 0.3 is 6.18 Å². The van der Waals surface area contributed by atoms with E-state index in [2.05, 4.69) is 10.3 Å². The maximum Gasteiger partial charge on any atom is 0.434 e. The zero-order valence-corrected chi connectivity index (χ0v) is 11.6. The molecule has 0 fully saturated rings. The van der Waals surface area contributed by atoms with Crippen LogP contribution in [-0.4, -0.2) is 18.2 Å². The highest BCUT2D eigenvalue weighted by molar-refractivity contribution is 7.09. The summed E-state index contributed by atoms with van der Waals surface area (Å²) in [7, 11) is 0. The van der Waals surface area contributed by atoms with Crippen molar-refractivity contribution in [1.29, 1.82) is 0 Å². The second kappa shape index (κ2) is 5.44. The van der Waals surface area contributed by atoms with Gasteiger partial charge in [-0.25, -0.2) is 4.98 Å². The van der Waals surface area contributed by atoms with Gasteiger partial charge in [0.25, 0.3) is 0 Å². The molecule has 1 aliphatic heterocycles. The molecule has 1 aliphatic rings. The molecule has 1 aromatic heterocycles. The number of halogens is 3. The number of thiazole rings is 1. The van der Waals surface area contributed by atoms with Gasteiger partial charge < -0.3 is 14.8 Å². The molecule has 4 nitrogen and oxygen atoms in total. The zero-order chi connectivity index (χ0) is 14.9. The largest absolute Gasteiger partial charge is 0.486 e. The number of ether oxygens (including phenoxy) is 2. The molecule has 0 atom stereocenters. The lowest BCUT2D eigenvalue weighted by atomic mass is 10.2. The molecule has 3 rings (SSSR count). The van der Waals surface area contributed by atoms with E-state index in [1.165, 1.54) is 0 Å². The quantitative estimate of drug-likeness (QED) is 0.940. The fourth-order valence-electron chi connectivity index (χ4n) is 1.91. The van der Waals surface area contributed by atoms with Gasteiger partial charge in [0, 0.05) is 5.38 Å². The SMILES string of the molecule is FC(F)(F)c1csc(CNc2cccc3c2OCCO3)n1. The first-order valence-corrected chi connectivity index (χ1v) is 7.06. The molecule has 2 aromatic rings. The number of anilines is 1. The summed E-state index contributed by atoms with van der Waals surface area (Å²) < 4.78 is 48.4. The molecule has 0 unspecified atom stereocenters. The molecule has 0 amide bonds. The lowest BCUT2D eigenvalue weighted by Gasteiger charge is -2.21. The van der Waals surface area contributed by atoms with Crippen molar-refractivity contribution in [2.45, 2.75) is 12.7 Å². The molecule has 0 bridgehead atoms. The van der Waals surface area contributed by atoms with E-state index >= 15 is 0 Å². The molecule has 0 spiro atoms. The van der Waals surface area contributed by atoms with E-state index in [4.69, 9.17) is 9.47 Å². The summed E-state index contributed by atoms with van der Waals surface area (Å²) in [6, 6.07) is 5.36. The standard InChI is InChI=1S/C13H11F3N2O2S/c14-13(15,16)10-7-21-11(18-10)6-17-8-2-1-3-9-12(8)20-5-4-19-9/h1-3,7,17H,4-6H2. The van der Waals surface area contributed by atoms with Crippen molar-refractivity contribution in [2.75, 3.05) is 18.5 Å². The smallest absolute Gasteiger partial charge is 0.434 e. The number of nitrogens with one attached hydrogen (secondary N) is 1. The van der Waals surface area contributed by atoms with E-state index in [0.717, 1.165) is 16.7 Å². The lowest BCUT2D eigenvalue weighted by molar-refractivity contribution is -0.140. The Morgan fingerprint density at radius 2 is 2.05 bits per heavy atom. The Labute approximate surface area is 122 Å². The number of hydrogen-bond acceptors (Lipinski definition) is 5. The van der Waals surface area contributed by atoms with Crippen LogP contribution in [0.4, 0.5) is 18.9 Å². The van der Waals surface area contributed by atoms with Gasteiger partial charge in [-0.2, -0.15) is 13.2 Å². The van der Waals surface area contributed by atoms with E-state index in [9.17, 15) is 13.2 Å². The van der Waals surface area contributed by atoms with Gasteiger partial charge in [-0.15, -0.1) is 11.3 Å². The monoisotopic (exact) mass is 316 g/mol. The minimum Gasteiger partial charge on any atom is -0.486 e. The van der Waals surface area contributed by atoms with E-state index in [0.29, 0.717) is 35.4 Å². The van der Waals surface area contributed by atoms with Crippen LogP contribution >= 0.6 is 11.3 Å². The summed E-state index contributed by atoms with van der Waals surface area (Å²) in [4.78, 5) is 3.57. The Hall–Kier alpha value is -1.96. The number of aromatic nitrogens is 1. The van der Waals surface area contributed by atoms with Gasteiger partial charge in [0.15, 0.2) is 17.2 Å². The summed E-state index contributed by atoms with van der Waals surface area (Å²) in [5, 5.41) is 4.40. The fourth-order valence-corrected chi connectivity index (χ4v) is 2.65. The van der Waals surface area contributed by atoms with Gasteiger partial charge in [-0.3, -0.25) is 0 Å². The van der Waals surface area contributed by atoms with E-state index in [1.807, 2.05) is 0 Å². The second-order valence-electron chi connectivity index (χ2n) is 4.31. The van der Waals surface area contributed by atoms with Crippen LogP contribution in [0.3, 0.4) is 0 Å². The Morgan fingerprint density at radius 1 is 1.24 bits per heavy atom. The summed E-state index contributed by atoms with van der Waals surface area (Å²) in [5.74, 6) is 1.21. The Morgan fingerprint density at radius 3 is 2.81 bits per heavy atom. The van der Waals surface area contributed by atoms with Crippen LogP contribution in [0.2, 0.25) is 0 Å². The average Bonchev–Trinajstić information content (AvgIpc) is 2.94. The second-order valence-corrected chi connectivity index (χ2v) is 5.25. The molecule has 2 heterocycles. The molecule has 0 radical (unpaired) electrons. The number of benzene rings is 1. The molecule has 0 saturated carbocycles. The van der Waals surface area contributed by atoms with Crippen LogP contribution in [0, 0.1) is 0 Å². The third-order valence-electron chi connectivity index (χ3n) is 2.84. The number of hydrogen-bond donors (Lipinski definition) is 1. The van der Waals surface area contributed by atoms with Crippen LogP contribution in [0.5, 0.6) is 11.5 Å². The first-order chi connectivity index (χ1) is 10.0. The van der Waals surface area contributed by atoms with Crippen molar-refractivity contribution in [3.8, 4) is 11.5 Å². The van der Waals surface area contributed by atoms with Crippen molar-refractivity contribution in [1.82, 2.24) is 4.98 Å². The molecule has 1 aromatic carbocycles. The molecule has 8 heteroatoms. The molecule has 1 N–H and O–H groups in total. The summed E-state index contributed by atoms with van der Waals surface area (Å²) in [6.07, 6.45) is -4.41. The lowest BCUT2D eigenvalue weighted by Crippen LogP contribution is -2.16. The molecular formula is C13H11F3N2O2S. The minimum atomic E-state index is -4.41. The van der Waals surface area contributed by atoms with Crippen LogP contribution in [0.1, 0.15) is 10.7 Å². The van der Waals surface area contributed by atoms with Gasteiger partial charge in [0.05, 0.1) is 12.2 Å². The van der Waals surface area contributed by atoms with Crippen LogP contribution in [0.25, 0.3) is 0 Å².